The molecule has 162 valence electrons. The summed E-state index contributed by atoms with van der Waals surface area (Å²) in [6, 6.07) is 13.7. The molecular weight excluding hydrogens is 424 g/mol. The Bertz CT molecular complexity index is 974. The van der Waals surface area contributed by atoms with Crippen LogP contribution >= 0.6 is 11.6 Å². The number of methoxy groups -OCH3 is 1. The molecule has 0 spiro atoms. The standard InChI is InChI=1S/C22H27ClN2O4S/c1-16(24-30(27,28)19-8-9-21(29-2)20(23)15-19)22(26)25-12-10-18(11-13-25)14-17-6-4-3-5-7-17/h3-9,15-16,18,24H,10-14H2,1-2H3/t16-/m1/s1. The summed E-state index contributed by atoms with van der Waals surface area (Å²) in [5, 5.41) is 0.194. The fourth-order valence-electron chi connectivity index (χ4n) is 3.74. The summed E-state index contributed by atoms with van der Waals surface area (Å²) < 4.78 is 32.8. The van der Waals surface area contributed by atoms with E-state index in [9.17, 15) is 13.2 Å². The number of hydrogen-bond acceptors (Lipinski definition) is 4. The predicted octanol–water partition coefficient (Wildman–Crippen LogP) is 3.50. The molecule has 0 saturated carbocycles. The monoisotopic (exact) mass is 450 g/mol. The van der Waals surface area contributed by atoms with E-state index in [1.54, 1.807) is 11.8 Å². The number of nitrogens with zero attached hydrogens (tertiary/aromatic N) is 1. The van der Waals surface area contributed by atoms with E-state index >= 15 is 0 Å². The van der Waals surface area contributed by atoms with Crippen LogP contribution in [0.2, 0.25) is 5.02 Å². The number of benzene rings is 2. The third-order valence-corrected chi connectivity index (χ3v) is 7.26. The zero-order chi connectivity index (χ0) is 21.7. The average Bonchev–Trinajstić information content (AvgIpc) is 2.74. The lowest BCUT2D eigenvalue weighted by atomic mass is 9.90. The number of carbonyl (C=O) groups is 1. The third-order valence-electron chi connectivity index (χ3n) is 5.43. The molecule has 1 fully saturated rings. The number of likely N-dealkylation sites (tertiary alicyclic amines) is 1. The van der Waals surface area contributed by atoms with Crippen LogP contribution in [0.15, 0.2) is 53.4 Å². The number of ether oxygens (including phenoxy) is 1. The van der Waals surface area contributed by atoms with Crippen molar-refractivity contribution in [2.75, 3.05) is 20.2 Å². The van der Waals surface area contributed by atoms with Crippen LogP contribution in [0.4, 0.5) is 0 Å². The number of halogens is 1. The minimum Gasteiger partial charge on any atom is -0.495 e. The molecule has 0 aliphatic carbocycles. The van der Waals surface area contributed by atoms with E-state index < -0.39 is 16.1 Å². The fraction of sp³-hybridized carbons (Fsp3) is 0.409. The molecule has 1 amide bonds. The molecule has 30 heavy (non-hydrogen) atoms. The molecule has 2 aromatic rings. The van der Waals surface area contributed by atoms with Crippen molar-refractivity contribution in [2.24, 2.45) is 5.92 Å². The van der Waals surface area contributed by atoms with Crippen LogP contribution in [0, 0.1) is 5.92 Å². The van der Waals surface area contributed by atoms with Gasteiger partial charge in [-0.3, -0.25) is 4.79 Å². The number of sulfonamides is 1. The van der Waals surface area contributed by atoms with Crippen LogP contribution in [-0.2, 0) is 21.2 Å². The molecule has 0 bridgehead atoms. The number of carbonyl (C=O) groups excluding carboxylic acids is 1. The predicted molar refractivity (Wildman–Crippen MR) is 117 cm³/mol. The Morgan fingerprint density at radius 1 is 1.20 bits per heavy atom. The van der Waals surface area contributed by atoms with Crippen LogP contribution in [0.25, 0.3) is 0 Å². The highest BCUT2D eigenvalue weighted by atomic mass is 35.5. The number of piperidine rings is 1. The van der Waals surface area contributed by atoms with Crippen molar-refractivity contribution < 1.29 is 17.9 Å². The Kier molecular flexibility index (Phi) is 7.39. The molecule has 1 N–H and O–H groups in total. The lowest BCUT2D eigenvalue weighted by molar-refractivity contribution is -0.133. The van der Waals surface area contributed by atoms with Gasteiger partial charge in [-0.25, -0.2) is 8.42 Å². The number of rotatable bonds is 7. The SMILES string of the molecule is COc1ccc(S(=O)(=O)N[C@H](C)C(=O)N2CCC(Cc3ccccc3)CC2)cc1Cl. The van der Waals surface area contributed by atoms with Gasteiger partial charge in [-0.15, -0.1) is 0 Å². The van der Waals surface area contributed by atoms with Crippen LogP contribution in [-0.4, -0.2) is 45.5 Å². The second kappa shape index (κ2) is 9.81. The van der Waals surface area contributed by atoms with Gasteiger partial charge in [0.2, 0.25) is 15.9 Å². The average molecular weight is 451 g/mol. The quantitative estimate of drug-likeness (QED) is 0.700. The maximum absolute atomic E-state index is 12.8. The highest BCUT2D eigenvalue weighted by Crippen LogP contribution is 2.27. The van der Waals surface area contributed by atoms with Gasteiger partial charge in [-0.05, 0) is 55.9 Å². The second-order valence-electron chi connectivity index (χ2n) is 7.60. The number of amides is 1. The van der Waals surface area contributed by atoms with E-state index in [0.717, 1.165) is 19.3 Å². The molecule has 2 aromatic carbocycles. The highest BCUT2D eigenvalue weighted by Gasteiger charge is 2.29. The topological polar surface area (TPSA) is 75.7 Å². The van der Waals surface area contributed by atoms with Gasteiger partial charge in [0.05, 0.1) is 23.1 Å². The fourth-order valence-corrected chi connectivity index (χ4v) is 5.29. The summed E-state index contributed by atoms with van der Waals surface area (Å²) in [5.41, 5.74) is 1.31. The smallest absolute Gasteiger partial charge is 0.241 e. The second-order valence-corrected chi connectivity index (χ2v) is 9.72. The number of nitrogens with one attached hydrogen (secondary N) is 1. The van der Waals surface area contributed by atoms with Gasteiger partial charge in [0.25, 0.3) is 0 Å². The van der Waals surface area contributed by atoms with Crippen molar-refractivity contribution in [2.45, 2.75) is 37.1 Å². The summed E-state index contributed by atoms with van der Waals surface area (Å²) in [7, 11) is -2.42. The first-order valence-corrected chi connectivity index (χ1v) is 11.8. The Balaban J connectivity index is 1.56. The zero-order valence-electron chi connectivity index (χ0n) is 17.2. The Hall–Kier alpha value is -2.09. The van der Waals surface area contributed by atoms with E-state index in [4.69, 9.17) is 16.3 Å². The molecule has 0 radical (unpaired) electrons. The number of hydrogen-bond donors (Lipinski definition) is 1. The maximum atomic E-state index is 12.8. The van der Waals surface area contributed by atoms with Crippen molar-refractivity contribution in [1.29, 1.82) is 0 Å². The van der Waals surface area contributed by atoms with Crippen molar-refractivity contribution in [3.8, 4) is 5.75 Å². The molecule has 1 aliphatic rings. The minimum absolute atomic E-state index is 0.00507. The Morgan fingerprint density at radius 2 is 1.87 bits per heavy atom. The lowest BCUT2D eigenvalue weighted by Crippen LogP contribution is -2.49. The molecule has 3 rings (SSSR count). The molecular formula is C22H27ClN2O4S. The summed E-state index contributed by atoms with van der Waals surface area (Å²) >= 11 is 6.04. The van der Waals surface area contributed by atoms with Gasteiger partial charge < -0.3 is 9.64 Å². The van der Waals surface area contributed by atoms with Crippen LogP contribution in [0.3, 0.4) is 0 Å². The highest BCUT2D eigenvalue weighted by molar-refractivity contribution is 7.89. The summed E-state index contributed by atoms with van der Waals surface area (Å²) in [6.07, 6.45) is 2.83. The summed E-state index contributed by atoms with van der Waals surface area (Å²) in [6.45, 7) is 2.84. The normalized spacial score (nSPS) is 16.3. The van der Waals surface area contributed by atoms with E-state index in [0.29, 0.717) is 24.8 Å². The summed E-state index contributed by atoms with van der Waals surface area (Å²) in [5.74, 6) is 0.708. The van der Waals surface area contributed by atoms with Crippen molar-refractivity contribution in [1.82, 2.24) is 9.62 Å². The van der Waals surface area contributed by atoms with E-state index in [1.807, 2.05) is 18.2 Å². The molecule has 0 aromatic heterocycles. The van der Waals surface area contributed by atoms with Gasteiger partial charge in [-0.2, -0.15) is 4.72 Å². The van der Waals surface area contributed by atoms with Gasteiger partial charge >= 0.3 is 0 Å². The van der Waals surface area contributed by atoms with Crippen molar-refractivity contribution in [3.05, 3.63) is 59.1 Å². The molecule has 1 atom stereocenters. The molecule has 8 heteroatoms. The van der Waals surface area contributed by atoms with Gasteiger partial charge in [0.15, 0.2) is 0 Å². The van der Waals surface area contributed by atoms with Crippen molar-refractivity contribution >= 4 is 27.5 Å². The van der Waals surface area contributed by atoms with Gasteiger partial charge in [-0.1, -0.05) is 41.9 Å². The van der Waals surface area contributed by atoms with Gasteiger partial charge in [0, 0.05) is 13.1 Å². The van der Waals surface area contributed by atoms with E-state index in [2.05, 4.69) is 16.9 Å². The zero-order valence-corrected chi connectivity index (χ0v) is 18.7. The molecule has 0 unspecified atom stereocenters. The van der Waals surface area contributed by atoms with E-state index in [1.165, 1.54) is 30.9 Å². The first-order valence-electron chi connectivity index (χ1n) is 9.98. The Morgan fingerprint density at radius 3 is 2.47 bits per heavy atom. The molecule has 1 saturated heterocycles. The van der Waals surface area contributed by atoms with E-state index in [-0.39, 0.29) is 15.8 Å². The van der Waals surface area contributed by atoms with Gasteiger partial charge in [0.1, 0.15) is 5.75 Å². The van der Waals surface area contributed by atoms with Crippen molar-refractivity contribution in [3.63, 3.8) is 0 Å². The minimum atomic E-state index is -3.88. The summed E-state index contributed by atoms with van der Waals surface area (Å²) in [4.78, 5) is 14.5. The molecule has 1 heterocycles. The lowest BCUT2D eigenvalue weighted by Gasteiger charge is -2.33. The van der Waals surface area contributed by atoms with Crippen LogP contribution < -0.4 is 9.46 Å². The Labute approximate surface area is 183 Å². The first-order chi connectivity index (χ1) is 14.3. The largest absolute Gasteiger partial charge is 0.495 e. The molecule has 1 aliphatic heterocycles. The maximum Gasteiger partial charge on any atom is 0.241 e. The third kappa shape index (κ3) is 5.53. The molecule has 6 nitrogen and oxygen atoms in total. The first kappa shape index (κ1) is 22.6. The van der Waals surface area contributed by atoms with Crippen LogP contribution in [0.5, 0.6) is 5.75 Å². The van der Waals surface area contributed by atoms with Crippen LogP contribution in [0.1, 0.15) is 25.3 Å².